The number of hydrogen-bond donors (Lipinski definition) is 0. The van der Waals surface area contributed by atoms with Crippen LogP contribution in [0.5, 0.6) is 0 Å². The summed E-state index contributed by atoms with van der Waals surface area (Å²) < 4.78 is 81.6. The number of rotatable bonds is 9. The maximum absolute atomic E-state index is 13.6. The molecule has 0 atom stereocenters. The second-order valence-corrected chi connectivity index (χ2v) is 8.55. The lowest BCUT2D eigenvalue weighted by molar-refractivity contribution is -0.147. The molecular weight excluding hydrogens is 423 g/mol. The Labute approximate surface area is 164 Å². The standard InChI is InChI=1S/C17H19F5O6Si/c1-9(23)26-29(27-10(2)24,28-11(3)25)8-6-4-5-7-12-13(18)15(20)17(22)16(21)14(12)19/h4-8H2,1-3H3. The predicted molar refractivity (Wildman–Crippen MR) is 89.6 cm³/mol. The molecule has 0 saturated carbocycles. The molecule has 162 valence electrons. The summed E-state index contributed by atoms with van der Waals surface area (Å²) in [4.78, 5) is 33.9. The highest BCUT2D eigenvalue weighted by atomic mass is 28.4. The van der Waals surface area contributed by atoms with Crippen molar-refractivity contribution < 1.29 is 49.6 Å². The van der Waals surface area contributed by atoms with E-state index in [1.165, 1.54) is 0 Å². The van der Waals surface area contributed by atoms with Gasteiger partial charge in [-0.25, -0.2) is 22.0 Å². The maximum atomic E-state index is 13.6. The molecule has 0 amide bonds. The van der Waals surface area contributed by atoms with Gasteiger partial charge in [0.15, 0.2) is 23.3 Å². The second kappa shape index (κ2) is 10.3. The molecule has 0 fully saturated rings. The van der Waals surface area contributed by atoms with E-state index >= 15 is 0 Å². The molecule has 1 rings (SSSR count). The molecule has 12 heteroatoms. The Morgan fingerprint density at radius 3 is 1.41 bits per heavy atom. The predicted octanol–water partition coefficient (Wildman–Crippen LogP) is 3.72. The lowest BCUT2D eigenvalue weighted by Gasteiger charge is -2.26. The third kappa shape index (κ3) is 6.80. The van der Waals surface area contributed by atoms with Crippen LogP contribution >= 0.6 is 0 Å². The minimum absolute atomic E-state index is 0.00302. The van der Waals surface area contributed by atoms with Crippen molar-refractivity contribution in [3.05, 3.63) is 34.6 Å². The number of hydrogen-bond acceptors (Lipinski definition) is 6. The highest BCUT2D eigenvalue weighted by Crippen LogP contribution is 2.26. The summed E-state index contributed by atoms with van der Waals surface area (Å²) in [5, 5.41) is 0. The van der Waals surface area contributed by atoms with Crippen molar-refractivity contribution in [2.75, 3.05) is 0 Å². The fourth-order valence-corrected chi connectivity index (χ4v) is 4.99. The Bertz CT molecular complexity index is 731. The third-order valence-electron chi connectivity index (χ3n) is 3.61. The van der Waals surface area contributed by atoms with E-state index in [1.807, 2.05) is 0 Å². The number of benzene rings is 1. The summed E-state index contributed by atoms with van der Waals surface area (Å²) >= 11 is 0. The molecule has 0 spiro atoms. The number of unbranched alkanes of at least 4 members (excludes halogenated alkanes) is 2. The van der Waals surface area contributed by atoms with E-state index in [0.29, 0.717) is 0 Å². The van der Waals surface area contributed by atoms with Crippen molar-refractivity contribution in [2.24, 2.45) is 0 Å². The van der Waals surface area contributed by atoms with Crippen LogP contribution in [0.1, 0.15) is 45.6 Å². The molecule has 29 heavy (non-hydrogen) atoms. The Kier molecular flexibility index (Phi) is 8.73. The van der Waals surface area contributed by atoms with Crippen LogP contribution in [0.3, 0.4) is 0 Å². The monoisotopic (exact) mass is 442 g/mol. The molecule has 0 N–H and O–H groups in total. The zero-order valence-electron chi connectivity index (χ0n) is 15.9. The first-order valence-electron chi connectivity index (χ1n) is 8.49. The van der Waals surface area contributed by atoms with Gasteiger partial charge < -0.3 is 13.3 Å². The molecule has 0 saturated heterocycles. The first kappa shape index (κ1) is 24.5. The summed E-state index contributed by atoms with van der Waals surface area (Å²) in [5.74, 6) is -12.6. The number of carbonyl (C=O) groups excluding carboxylic acids is 3. The van der Waals surface area contributed by atoms with Gasteiger partial charge in [-0.15, -0.1) is 0 Å². The average Bonchev–Trinajstić information content (AvgIpc) is 2.58. The van der Waals surface area contributed by atoms with E-state index in [2.05, 4.69) is 0 Å². The molecule has 0 heterocycles. The van der Waals surface area contributed by atoms with Crippen LogP contribution in [-0.4, -0.2) is 26.7 Å². The zero-order chi connectivity index (χ0) is 22.4. The summed E-state index contributed by atoms with van der Waals surface area (Å²) in [6.45, 7) is 3.08. The van der Waals surface area contributed by atoms with Crippen molar-refractivity contribution in [3.8, 4) is 0 Å². The van der Waals surface area contributed by atoms with E-state index in [0.717, 1.165) is 20.8 Å². The normalized spacial score (nSPS) is 11.2. The van der Waals surface area contributed by atoms with E-state index in [-0.39, 0.29) is 25.3 Å². The van der Waals surface area contributed by atoms with Crippen LogP contribution in [0.15, 0.2) is 0 Å². The van der Waals surface area contributed by atoms with E-state index in [4.69, 9.17) is 13.3 Å². The van der Waals surface area contributed by atoms with Crippen molar-refractivity contribution >= 4 is 26.7 Å². The van der Waals surface area contributed by atoms with Gasteiger partial charge in [0.2, 0.25) is 5.82 Å². The topological polar surface area (TPSA) is 78.9 Å². The van der Waals surface area contributed by atoms with Crippen LogP contribution in [0.25, 0.3) is 0 Å². The number of halogens is 5. The lowest BCUT2D eigenvalue weighted by Crippen LogP contribution is -2.49. The maximum Gasteiger partial charge on any atom is 0.705 e. The summed E-state index contributed by atoms with van der Waals surface area (Å²) in [6, 6.07) is -0.164. The van der Waals surface area contributed by atoms with E-state index < -0.39 is 67.8 Å². The highest BCUT2D eigenvalue weighted by molar-refractivity contribution is 6.65. The van der Waals surface area contributed by atoms with Gasteiger partial charge in [0, 0.05) is 26.3 Å². The van der Waals surface area contributed by atoms with Gasteiger partial charge in [0.25, 0.3) is 17.9 Å². The largest absolute Gasteiger partial charge is 0.705 e. The molecule has 6 nitrogen and oxygen atoms in total. The lowest BCUT2D eigenvalue weighted by atomic mass is 10.1. The Morgan fingerprint density at radius 1 is 0.655 bits per heavy atom. The molecule has 0 aliphatic rings. The fourth-order valence-electron chi connectivity index (χ4n) is 2.56. The molecule has 1 aromatic carbocycles. The van der Waals surface area contributed by atoms with Crippen molar-refractivity contribution in [1.82, 2.24) is 0 Å². The molecule has 0 unspecified atom stereocenters. The van der Waals surface area contributed by atoms with Gasteiger partial charge >= 0.3 is 8.80 Å². The minimum atomic E-state index is -4.03. The SMILES string of the molecule is CC(=O)O[Si](CCCCCc1c(F)c(F)c(F)c(F)c1F)(OC(C)=O)OC(C)=O. The average molecular weight is 442 g/mol. The van der Waals surface area contributed by atoms with Crippen LogP contribution in [0.2, 0.25) is 6.04 Å². The van der Waals surface area contributed by atoms with Crippen molar-refractivity contribution in [2.45, 2.75) is 52.5 Å². The highest BCUT2D eigenvalue weighted by Gasteiger charge is 2.51. The molecule has 0 aliphatic carbocycles. The van der Waals surface area contributed by atoms with Crippen LogP contribution in [0.4, 0.5) is 22.0 Å². The number of carbonyl (C=O) groups is 3. The van der Waals surface area contributed by atoms with Gasteiger partial charge in [-0.2, -0.15) is 0 Å². The molecule has 0 bridgehead atoms. The van der Waals surface area contributed by atoms with Crippen molar-refractivity contribution in [3.63, 3.8) is 0 Å². The Balaban J connectivity index is 2.80. The molecular formula is C17H19F5O6Si. The smallest absolute Gasteiger partial charge is 0.455 e. The summed E-state index contributed by atoms with van der Waals surface area (Å²) in [7, 11) is -4.03. The molecule has 0 radical (unpaired) electrons. The molecule has 1 aromatic rings. The van der Waals surface area contributed by atoms with Crippen LogP contribution in [-0.2, 0) is 34.1 Å². The molecule has 0 aliphatic heterocycles. The van der Waals surface area contributed by atoms with Gasteiger partial charge in [0.1, 0.15) is 0 Å². The summed E-state index contributed by atoms with van der Waals surface area (Å²) in [5.41, 5.74) is -0.940. The Morgan fingerprint density at radius 2 is 1.03 bits per heavy atom. The first-order chi connectivity index (χ1) is 13.4. The summed E-state index contributed by atoms with van der Waals surface area (Å²) in [6.07, 6.45) is -0.161. The fraction of sp³-hybridized carbons (Fsp3) is 0.471. The third-order valence-corrected chi connectivity index (χ3v) is 6.37. The van der Waals surface area contributed by atoms with Gasteiger partial charge in [-0.1, -0.05) is 6.42 Å². The quantitative estimate of drug-likeness (QED) is 0.191. The van der Waals surface area contributed by atoms with E-state index in [9.17, 15) is 36.3 Å². The van der Waals surface area contributed by atoms with Gasteiger partial charge in [-0.3, -0.25) is 14.4 Å². The molecule has 0 aromatic heterocycles. The van der Waals surface area contributed by atoms with Crippen LogP contribution in [0, 0.1) is 29.1 Å². The second-order valence-electron chi connectivity index (χ2n) is 6.07. The first-order valence-corrected chi connectivity index (χ1v) is 10.4. The van der Waals surface area contributed by atoms with Gasteiger partial charge in [0.05, 0.1) is 6.04 Å². The Hall–Kier alpha value is -2.50. The van der Waals surface area contributed by atoms with Crippen molar-refractivity contribution in [1.29, 1.82) is 0 Å². The van der Waals surface area contributed by atoms with Crippen LogP contribution < -0.4 is 0 Å². The minimum Gasteiger partial charge on any atom is -0.455 e. The van der Waals surface area contributed by atoms with E-state index in [1.54, 1.807) is 0 Å². The zero-order valence-corrected chi connectivity index (χ0v) is 16.9. The van der Waals surface area contributed by atoms with Gasteiger partial charge in [-0.05, 0) is 19.3 Å².